The zero-order chi connectivity index (χ0) is 25.1. The number of benzene rings is 3. The number of amides is 1. The highest BCUT2D eigenvalue weighted by molar-refractivity contribution is 6.35. The number of halogens is 3. The highest BCUT2D eigenvalue weighted by atomic mass is 35.5. The van der Waals surface area contributed by atoms with Gasteiger partial charge in [-0.3, -0.25) is 15.0 Å². The fourth-order valence-electron chi connectivity index (χ4n) is 4.01. The number of hydrogen-bond donors (Lipinski definition) is 1. The number of ketones is 1. The van der Waals surface area contributed by atoms with E-state index in [0.29, 0.717) is 56.7 Å². The number of carbonyl (C=O) groups is 2. The summed E-state index contributed by atoms with van der Waals surface area (Å²) in [6, 6.07) is 18.9. The van der Waals surface area contributed by atoms with Gasteiger partial charge in [0.1, 0.15) is 0 Å². The van der Waals surface area contributed by atoms with Gasteiger partial charge >= 0.3 is 0 Å². The average molecular weight is 530 g/mol. The van der Waals surface area contributed by atoms with E-state index in [-0.39, 0.29) is 23.9 Å². The second kappa shape index (κ2) is 10.7. The Morgan fingerprint density at radius 3 is 2.31 bits per heavy atom. The molecule has 35 heavy (non-hydrogen) atoms. The summed E-state index contributed by atoms with van der Waals surface area (Å²) in [5.74, 6) is -0.260. The van der Waals surface area contributed by atoms with Crippen molar-refractivity contribution < 1.29 is 9.59 Å². The second-order valence-corrected chi connectivity index (χ2v) is 9.47. The van der Waals surface area contributed by atoms with Gasteiger partial charge < -0.3 is 14.0 Å². The van der Waals surface area contributed by atoms with E-state index in [0.717, 1.165) is 0 Å². The molecule has 6 nitrogen and oxygen atoms in total. The van der Waals surface area contributed by atoms with Crippen LogP contribution in [-0.2, 0) is 13.1 Å². The molecule has 4 aromatic rings. The van der Waals surface area contributed by atoms with Crippen molar-refractivity contribution in [1.82, 2.24) is 14.0 Å². The van der Waals surface area contributed by atoms with Crippen LogP contribution in [0.5, 0.6) is 0 Å². The van der Waals surface area contributed by atoms with Crippen molar-refractivity contribution in [2.75, 3.05) is 13.6 Å². The topological polar surface area (TPSA) is 71.1 Å². The molecule has 0 aliphatic carbocycles. The lowest BCUT2D eigenvalue weighted by Crippen LogP contribution is -2.31. The Hall–Kier alpha value is -3.06. The summed E-state index contributed by atoms with van der Waals surface area (Å²) in [6.07, 6.45) is 0.592. The maximum atomic E-state index is 12.9. The molecule has 180 valence electrons. The summed E-state index contributed by atoms with van der Waals surface area (Å²) in [7, 11) is 1.73. The minimum atomic E-state index is -0.133. The molecule has 1 aromatic heterocycles. The Balaban J connectivity index is 1.54. The van der Waals surface area contributed by atoms with Crippen LogP contribution in [-0.4, -0.2) is 39.3 Å². The molecular formula is C26H23Cl3N4O2. The fraction of sp³-hybridized carbons (Fsp3) is 0.192. The monoisotopic (exact) mass is 528 g/mol. The van der Waals surface area contributed by atoms with Crippen LogP contribution >= 0.6 is 34.8 Å². The molecule has 3 aromatic carbocycles. The number of nitrogens with one attached hydrogen (secondary N) is 1. The standard InChI is InChI=1S/C26H23Cl3N4O2/c1-31(25(35)18-5-2-6-20(28)15-18)13-4-14-32-24-21(29)7-3-8-22(24)33(26(32)30)16-23(34)17-9-11-19(27)12-10-17/h2-3,5-12,15,30H,4,13-14,16H2,1H3. The molecule has 0 bridgehead atoms. The number of aromatic nitrogens is 2. The molecule has 9 heteroatoms. The summed E-state index contributed by atoms with van der Waals surface area (Å²) < 4.78 is 3.43. The van der Waals surface area contributed by atoms with Gasteiger partial charge in [-0.15, -0.1) is 0 Å². The van der Waals surface area contributed by atoms with E-state index in [1.165, 1.54) is 0 Å². The molecule has 0 fully saturated rings. The van der Waals surface area contributed by atoms with E-state index in [1.807, 2.05) is 6.07 Å². The molecule has 1 heterocycles. The van der Waals surface area contributed by atoms with Gasteiger partial charge in [-0.25, -0.2) is 0 Å². The number of para-hydroxylation sites is 1. The fourth-order valence-corrected chi connectivity index (χ4v) is 4.60. The van der Waals surface area contributed by atoms with Crippen molar-refractivity contribution in [2.24, 2.45) is 0 Å². The van der Waals surface area contributed by atoms with Gasteiger partial charge in [0.2, 0.25) is 5.62 Å². The molecule has 0 radical (unpaired) electrons. The molecule has 0 saturated carbocycles. The molecule has 0 aliphatic heterocycles. The first kappa shape index (κ1) is 25.0. The zero-order valence-electron chi connectivity index (χ0n) is 19.0. The van der Waals surface area contributed by atoms with Crippen molar-refractivity contribution in [2.45, 2.75) is 19.5 Å². The van der Waals surface area contributed by atoms with Gasteiger partial charge in [-0.1, -0.05) is 46.9 Å². The summed E-state index contributed by atoms with van der Waals surface area (Å²) in [6.45, 7) is 0.921. The van der Waals surface area contributed by atoms with Crippen LogP contribution in [0.2, 0.25) is 15.1 Å². The lowest BCUT2D eigenvalue weighted by Gasteiger charge is -2.17. The minimum Gasteiger partial charge on any atom is -0.342 e. The Morgan fingerprint density at radius 1 is 0.886 bits per heavy atom. The predicted octanol–water partition coefficient (Wildman–Crippen LogP) is 5.93. The van der Waals surface area contributed by atoms with Crippen LogP contribution in [0.25, 0.3) is 11.0 Å². The molecule has 0 saturated heterocycles. The predicted molar refractivity (Wildman–Crippen MR) is 140 cm³/mol. The summed E-state index contributed by atoms with van der Waals surface area (Å²) in [5.41, 5.74) is 2.60. The van der Waals surface area contributed by atoms with Crippen LogP contribution in [0.3, 0.4) is 0 Å². The first-order chi connectivity index (χ1) is 16.8. The maximum Gasteiger partial charge on any atom is 0.253 e. The Morgan fingerprint density at radius 2 is 1.60 bits per heavy atom. The van der Waals surface area contributed by atoms with Crippen molar-refractivity contribution >= 4 is 57.5 Å². The molecule has 1 N–H and O–H groups in total. The van der Waals surface area contributed by atoms with Crippen molar-refractivity contribution in [3.63, 3.8) is 0 Å². The van der Waals surface area contributed by atoms with Crippen molar-refractivity contribution in [3.05, 3.63) is 98.5 Å². The highest BCUT2D eigenvalue weighted by Gasteiger charge is 2.18. The van der Waals surface area contributed by atoms with Crippen LogP contribution < -0.4 is 5.62 Å². The smallest absolute Gasteiger partial charge is 0.253 e. The number of carbonyl (C=O) groups excluding carboxylic acids is 2. The normalized spacial score (nSPS) is 11.1. The van der Waals surface area contributed by atoms with Gasteiger partial charge in [0.05, 0.1) is 22.6 Å². The van der Waals surface area contributed by atoms with Crippen molar-refractivity contribution in [1.29, 1.82) is 5.41 Å². The molecule has 0 unspecified atom stereocenters. The van der Waals surface area contributed by atoms with Crippen LogP contribution in [0.4, 0.5) is 0 Å². The number of fused-ring (bicyclic) bond motifs is 1. The van der Waals surface area contributed by atoms with E-state index in [2.05, 4.69) is 0 Å². The number of rotatable bonds is 8. The largest absolute Gasteiger partial charge is 0.342 e. The lowest BCUT2D eigenvalue weighted by atomic mass is 10.1. The molecule has 4 rings (SSSR count). The summed E-state index contributed by atoms with van der Waals surface area (Å²) in [4.78, 5) is 27.2. The number of nitrogens with zero attached hydrogens (tertiary/aromatic N) is 3. The van der Waals surface area contributed by atoms with Gasteiger partial charge in [-0.05, 0) is 61.0 Å². The molecule has 1 amide bonds. The maximum absolute atomic E-state index is 12.9. The first-order valence-corrected chi connectivity index (χ1v) is 12.1. The Bertz CT molecular complexity index is 1460. The van der Waals surface area contributed by atoms with Gasteiger partial charge in [-0.2, -0.15) is 0 Å². The lowest BCUT2D eigenvalue weighted by molar-refractivity contribution is 0.0791. The SMILES string of the molecule is CN(CCCn1c(=N)n(CC(=O)c2ccc(Cl)cc2)c2cccc(Cl)c21)C(=O)c1cccc(Cl)c1. The van der Waals surface area contributed by atoms with E-state index in [9.17, 15) is 9.59 Å². The van der Waals surface area contributed by atoms with Gasteiger partial charge in [0, 0.05) is 41.3 Å². The third-order valence-corrected chi connectivity index (χ3v) is 6.59. The zero-order valence-corrected chi connectivity index (χ0v) is 21.2. The number of imidazole rings is 1. The highest BCUT2D eigenvalue weighted by Crippen LogP contribution is 2.23. The second-order valence-electron chi connectivity index (χ2n) is 8.19. The van der Waals surface area contributed by atoms with Gasteiger partial charge in [0.25, 0.3) is 5.91 Å². The molecule has 0 aliphatic rings. The van der Waals surface area contributed by atoms with Crippen LogP contribution in [0, 0.1) is 5.41 Å². The van der Waals surface area contributed by atoms with E-state index >= 15 is 0 Å². The number of hydrogen-bond acceptors (Lipinski definition) is 3. The molecule has 0 spiro atoms. The van der Waals surface area contributed by atoms with E-state index < -0.39 is 0 Å². The third kappa shape index (κ3) is 5.45. The van der Waals surface area contributed by atoms with Crippen molar-refractivity contribution in [3.8, 4) is 0 Å². The van der Waals surface area contributed by atoms with Gasteiger partial charge in [0.15, 0.2) is 5.78 Å². The van der Waals surface area contributed by atoms with Crippen LogP contribution in [0.1, 0.15) is 27.1 Å². The summed E-state index contributed by atoms with van der Waals surface area (Å²) in [5, 5.41) is 10.3. The molecule has 0 atom stereocenters. The minimum absolute atomic E-state index is 0.00252. The van der Waals surface area contributed by atoms with E-state index in [4.69, 9.17) is 40.2 Å². The Kier molecular flexibility index (Phi) is 7.65. The van der Waals surface area contributed by atoms with E-state index in [1.54, 1.807) is 81.7 Å². The van der Waals surface area contributed by atoms with Crippen LogP contribution in [0.15, 0.2) is 66.7 Å². The number of Topliss-reactive ketones (excluding diaryl/α,β-unsaturated/α-hetero) is 1. The summed E-state index contributed by atoms with van der Waals surface area (Å²) >= 11 is 18.5. The third-order valence-electron chi connectivity index (χ3n) is 5.80. The quantitative estimate of drug-likeness (QED) is 0.288. The number of aryl methyl sites for hydroxylation is 1. The first-order valence-electron chi connectivity index (χ1n) is 11.0. The Labute approximate surface area is 217 Å². The average Bonchev–Trinajstić information content (AvgIpc) is 3.11. The molecular weight excluding hydrogens is 507 g/mol.